The predicted octanol–water partition coefficient (Wildman–Crippen LogP) is 0.832. The van der Waals surface area contributed by atoms with E-state index in [-0.39, 0.29) is 23.5 Å². The number of benzene rings is 1. The molecule has 5 N–H and O–H groups in total. The Morgan fingerprint density at radius 2 is 2.00 bits per heavy atom. The van der Waals surface area contributed by atoms with Crippen LogP contribution in [0.4, 0.5) is 4.39 Å². The van der Waals surface area contributed by atoms with Gasteiger partial charge < -0.3 is 5.73 Å². The summed E-state index contributed by atoms with van der Waals surface area (Å²) in [5.74, 6) is -0.860. The zero-order valence-electron chi connectivity index (χ0n) is 11.6. The van der Waals surface area contributed by atoms with Gasteiger partial charge in [-0.1, -0.05) is 12.1 Å². The van der Waals surface area contributed by atoms with Gasteiger partial charge in [0, 0.05) is 23.2 Å². The summed E-state index contributed by atoms with van der Waals surface area (Å²) in [6, 6.07) is 3.96. The van der Waals surface area contributed by atoms with Crippen LogP contribution in [0.15, 0.2) is 18.2 Å². The maximum Gasteiger partial charge on any atom is 0.277 e. The average molecular weight is 302 g/mol. The number of halogens is 1. The van der Waals surface area contributed by atoms with Crippen LogP contribution in [0, 0.1) is 11.2 Å². The lowest BCUT2D eigenvalue weighted by Gasteiger charge is -2.20. The van der Waals surface area contributed by atoms with Gasteiger partial charge in [0.25, 0.3) is 10.2 Å². The summed E-state index contributed by atoms with van der Waals surface area (Å²) >= 11 is 0. The van der Waals surface area contributed by atoms with Gasteiger partial charge in [-0.15, -0.1) is 0 Å². The molecule has 0 fully saturated rings. The third-order valence-electron chi connectivity index (χ3n) is 2.26. The van der Waals surface area contributed by atoms with Crippen molar-refractivity contribution in [3.05, 3.63) is 35.1 Å². The molecule has 0 atom stereocenters. The number of amidine groups is 1. The first-order valence-electron chi connectivity index (χ1n) is 5.91. The van der Waals surface area contributed by atoms with Gasteiger partial charge in [-0.3, -0.25) is 5.41 Å². The van der Waals surface area contributed by atoms with Gasteiger partial charge in [0.05, 0.1) is 0 Å². The zero-order valence-corrected chi connectivity index (χ0v) is 12.4. The standard InChI is InChI=1S/C12H19FN4O2S/c1-12(2,3)17-20(18,19)16-7-9-5-4-8(11(14)15)6-10(9)13/h4-6,16-17H,7H2,1-3H3,(H3,14,15). The van der Waals surface area contributed by atoms with Crippen LogP contribution in [0.25, 0.3) is 0 Å². The maximum atomic E-state index is 13.7. The van der Waals surface area contributed by atoms with Crippen molar-refractivity contribution in [1.82, 2.24) is 9.44 Å². The van der Waals surface area contributed by atoms with Crippen molar-refractivity contribution in [3.63, 3.8) is 0 Å². The van der Waals surface area contributed by atoms with Crippen LogP contribution in [0.2, 0.25) is 0 Å². The fourth-order valence-corrected chi connectivity index (χ4v) is 2.69. The molecular weight excluding hydrogens is 283 g/mol. The quantitative estimate of drug-likeness (QED) is 0.478. The third kappa shape index (κ3) is 5.24. The largest absolute Gasteiger partial charge is 0.384 e. The van der Waals surface area contributed by atoms with Crippen LogP contribution in [0.1, 0.15) is 31.9 Å². The number of nitrogens with two attached hydrogens (primary N) is 1. The van der Waals surface area contributed by atoms with E-state index < -0.39 is 21.6 Å². The summed E-state index contributed by atoms with van der Waals surface area (Å²) in [6.07, 6.45) is 0. The van der Waals surface area contributed by atoms with Gasteiger partial charge in [-0.05, 0) is 26.8 Å². The van der Waals surface area contributed by atoms with Crippen molar-refractivity contribution in [1.29, 1.82) is 5.41 Å². The number of nitrogen functional groups attached to an aromatic ring is 1. The van der Waals surface area contributed by atoms with Crippen molar-refractivity contribution in [2.45, 2.75) is 32.9 Å². The minimum Gasteiger partial charge on any atom is -0.384 e. The van der Waals surface area contributed by atoms with E-state index in [0.29, 0.717) is 0 Å². The van der Waals surface area contributed by atoms with Crippen LogP contribution in [0.5, 0.6) is 0 Å². The molecule has 1 rings (SSSR count). The Hall–Kier alpha value is -1.51. The first-order valence-corrected chi connectivity index (χ1v) is 7.40. The lowest BCUT2D eigenvalue weighted by molar-refractivity contribution is 0.483. The molecule has 0 unspecified atom stereocenters. The summed E-state index contributed by atoms with van der Waals surface area (Å²) in [4.78, 5) is 0. The second-order valence-electron chi connectivity index (χ2n) is 5.40. The molecule has 112 valence electrons. The minimum absolute atomic E-state index is 0.175. The van der Waals surface area contributed by atoms with Crippen molar-refractivity contribution >= 4 is 16.0 Å². The Morgan fingerprint density at radius 1 is 1.40 bits per heavy atom. The Balaban J connectivity index is 2.78. The highest BCUT2D eigenvalue weighted by Crippen LogP contribution is 2.10. The molecular formula is C12H19FN4O2S. The summed E-state index contributed by atoms with van der Waals surface area (Å²) in [7, 11) is -3.71. The molecule has 0 radical (unpaired) electrons. The van der Waals surface area contributed by atoms with E-state index in [1.54, 1.807) is 20.8 Å². The Kier molecular flexibility index (Phi) is 4.85. The molecule has 6 nitrogen and oxygen atoms in total. The van der Waals surface area contributed by atoms with E-state index >= 15 is 0 Å². The van der Waals surface area contributed by atoms with Crippen molar-refractivity contribution in [3.8, 4) is 0 Å². The van der Waals surface area contributed by atoms with Crippen LogP contribution in [-0.4, -0.2) is 19.8 Å². The summed E-state index contributed by atoms with van der Waals surface area (Å²) in [5.41, 5.74) is 5.05. The topological polar surface area (TPSA) is 108 Å². The molecule has 0 bridgehead atoms. The summed E-state index contributed by atoms with van der Waals surface area (Å²) in [5, 5.41) is 7.19. The smallest absolute Gasteiger partial charge is 0.277 e. The van der Waals surface area contributed by atoms with Gasteiger partial charge in [-0.2, -0.15) is 17.9 Å². The first kappa shape index (κ1) is 16.5. The van der Waals surface area contributed by atoms with E-state index in [1.165, 1.54) is 12.1 Å². The highest BCUT2D eigenvalue weighted by molar-refractivity contribution is 7.87. The van der Waals surface area contributed by atoms with E-state index in [0.717, 1.165) is 6.07 Å². The van der Waals surface area contributed by atoms with Gasteiger partial charge >= 0.3 is 0 Å². The van der Waals surface area contributed by atoms with E-state index in [4.69, 9.17) is 11.1 Å². The fourth-order valence-electron chi connectivity index (χ4n) is 1.47. The van der Waals surface area contributed by atoms with E-state index in [9.17, 15) is 12.8 Å². The molecule has 1 aromatic carbocycles. The molecule has 0 aliphatic rings. The molecule has 0 amide bonds. The highest BCUT2D eigenvalue weighted by Gasteiger charge is 2.19. The Morgan fingerprint density at radius 3 is 2.45 bits per heavy atom. The van der Waals surface area contributed by atoms with E-state index in [2.05, 4.69) is 9.44 Å². The molecule has 0 heterocycles. The van der Waals surface area contributed by atoms with Crippen LogP contribution >= 0.6 is 0 Å². The van der Waals surface area contributed by atoms with Crippen molar-refractivity contribution in [2.75, 3.05) is 0 Å². The monoisotopic (exact) mass is 302 g/mol. The number of hydrogen-bond acceptors (Lipinski definition) is 3. The molecule has 0 aliphatic heterocycles. The zero-order chi connectivity index (χ0) is 15.6. The van der Waals surface area contributed by atoms with E-state index in [1.807, 2.05) is 0 Å². The van der Waals surface area contributed by atoms with Gasteiger partial charge in [0.2, 0.25) is 0 Å². The molecule has 20 heavy (non-hydrogen) atoms. The summed E-state index contributed by atoms with van der Waals surface area (Å²) in [6.45, 7) is 4.92. The van der Waals surface area contributed by atoms with Gasteiger partial charge in [-0.25, -0.2) is 4.39 Å². The predicted molar refractivity (Wildman–Crippen MR) is 76.1 cm³/mol. The Labute approximate surface area is 118 Å². The lowest BCUT2D eigenvalue weighted by Crippen LogP contribution is -2.46. The first-order chi connectivity index (χ1) is 9.00. The molecule has 8 heteroatoms. The molecule has 0 aliphatic carbocycles. The van der Waals surface area contributed by atoms with Crippen LogP contribution < -0.4 is 15.2 Å². The second-order valence-corrected chi connectivity index (χ2v) is 6.90. The third-order valence-corrected chi connectivity index (χ3v) is 3.66. The van der Waals surface area contributed by atoms with Crippen LogP contribution in [-0.2, 0) is 16.8 Å². The average Bonchev–Trinajstić information content (AvgIpc) is 2.23. The SMILES string of the molecule is CC(C)(C)NS(=O)(=O)NCc1ccc(C(=N)N)cc1F. The fraction of sp³-hybridized carbons (Fsp3) is 0.417. The van der Waals surface area contributed by atoms with Gasteiger partial charge in [0.15, 0.2) is 0 Å². The van der Waals surface area contributed by atoms with Crippen molar-refractivity contribution < 1.29 is 12.8 Å². The second kappa shape index (κ2) is 5.86. The van der Waals surface area contributed by atoms with Crippen molar-refractivity contribution in [2.24, 2.45) is 5.73 Å². The number of rotatable bonds is 5. The number of nitrogens with one attached hydrogen (secondary N) is 3. The normalized spacial score (nSPS) is 12.4. The summed E-state index contributed by atoms with van der Waals surface area (Å²) < 4.78 is 41.8. The molecule has 0 spiro atoms. The maximum absolute atomic E-state index is 13.7. The molecule has 0 saturated carbocycles. The number of hydrogen-bond donors (Lipinski definition) is 4. The Bertz CT molecular complexity index is 608. The minimum atomic E-state index is -3.71. The molecule has 0 aromatic heterocycles. The van der Waals surface area contributed by atoms with Gasteiger partial charge in [0.1, 0.15) is 11.7 Å². The molecule has 1 aromatic rings. The van der Waals surface area contributed by atoms with Crippen LogP contribution in [0.3, 0.4) is 0 Å². The lowest BCUT2D eigenvalue weighted by atomic mass is 10.1. The highest BCUT2D eigenvalue weighted by atomic mass is 32.2. The molecule has 0 saturated heterocycles.